The number of halogens is 1. The van der Waals surface area contributed by atoms with E-state index < -0.39 is 5.82 Å². The molecule has 5 rings (SSSR count). The normalized spacial score (nSPS) is 14.5. The monoisotopic (exact) mass is 346 g/mol. The van der Waals surface area contributed by atoms with Crippen molar-refractivity contribution in [3.05, 3.63) is 58.5 Å². The van der Waals surface area contributed by atoms with Crippen molar-refractivity contribution in [3.8, 4) is 0 Å². The zero-order valence-corrected chi connectivity index (χ0v) is 13.3. The van der Waals surface area contributed by atoms with Crippen LogP contribution in [0.15, 0.2) is 46.3 Å². The van der Waals surface area contributed by atoms with Crippen molar-refractivity contribution in [3.63, 3.8) is 0 Å². The smallest absolute Gasteiger partial charge is 0.256 e. The number of fused-ring (bicyclic) bond motifs is 6. The molecule has 1 aliphatic rings. The van der Waals surface area contributed by atoms with E-state index in [1.807, 2.05) is 0 Å². The number of aromatic amines is 2. The van der Waals surface area contributed by atoms with E-state index in [9.17, 15) is 14.0 Å². The maximum absolute atomic E-state index is 13.8. The van der Waals surface area contributed by atoms with E-state index in [1.54, 1.807) is 18.3 Å². The third-order valence-corrected chi connectivity index (χ3v) is 4.50. The molecule has 2 aromatic heterocycles. The third-order valence-electron chi connectivity index (χ3n) is 4.50. The van der Waals surface area contributed by atoms with E-state index in [0.29, 0.717) is 44.1 Å². The largest absolute Gasteiger partial charge is 0.336 e. The molecule has 1 aliphatic heterocycles. The Balaban J connectivity index is 1.97. The summed E-state index contributed by atoms with van der Waals surface area (Å²) in [5.41, 5.74) is 1.37. The van der Waals surface area contributed by atoms with E-state index >= 15 is 0 Å². The molecule has 2 N–H and O–H groups in total. The van der Waals surface area contributed by atoms with Crippen LogP contribution < -0.4 is 5.56 Å². The maximum atomic E-state index is 13.8. The Hall–Kier alpha value is -3.61. The summed E-state index contributed by atoms with van der Waals surface area (Å²) in [7, 11) is 0. The predicted molar refractivity (Wildman–Crippen MR) is 97.8 cm³/mol. The van der Waals surface area contributed by atoms with Crippen molar-refractivity contribution in [2.45, 2.75) is 6.42 Å². The molecule has 0 bridgehead atoms. The number of aromatic nitrogens is 3. The van der Waals surface area contributed by atoms with Gasteiger partial charge in [-0.2, -0.15) is 0 Å². The van der Waals surface area contributed by atoms with Gasteiger partial charge in [0, 0.05) is 41.1 Å². The van der Waals surface area contributed by atoms with Gasteiger partial charge in [0.05, 0.1) is 16.4 Å². The summed E-state index contributed by atoms with van der Waals surface area (Å²) in [6, 6.07) is 6.03. The highest BCUT2D eigenvalue weighted by atomic mass is 19.1. The van der Waals surface area contributed by atoms with Crippen LogP contribution in [0.25, 0.3) is 38.3 Å². The molecule has 0 spiro atoms. The van der Waals surface area contributed by atoms with Crippen molar-refractivity contribution < 1.29 is 9.18 Å². The fourth-order valence-corrected chi connectivity index (χ4v) is 3.38. The molecule has 4 aromatic rings. The number of allylic oxidation sites excluding steroid dienone is 1. The highest BCUT2D eigenvalue weighted by molar-refractivity contribution is 6.23. The molecule has 3 heterocycles. The Morgan fingerprint density at radius 1 is 1.08 bits per heavy atom. The van der Waals surface area contributed by atoms with E-state index in [2.05, 4.69) is 19.9 Å². The van der Waals surface area contributed by atoms with Crippen molar-refractivity contribution in [2.75, 3.05) is 0 Å². The van der Waals surface area contributed by atoms with Gasteiger partial charge in [0.1, 0.15) is 11.5 Å². The number of ketones is 1. The van der Waals surface area contributed by atoms with E-state index in [-0.39, 0.29) is 17.8 Å². The summed E-state index contributed by atoms with van der Waals surface area (Å²) >= 11 is 0. The summed E-state index contributed by atoms with van der Waals surface area (Å²) in [4.78, 5) is 38.7. The topological polar surface area (TPSA) is 91.0 Å². The molecule has 0 fully saturated rings. The number of imidazole rings is 1. The van der Waals surface area contributed by atoms with Crippen molar-refractivity contribution in [1.82, 2.24) is 15.0 Å². The molecule has 7 heteroatoms. The van der Waals surface area contributed by atoms with Crippen molar-refractivity contribution in [2.24, 2.45) is 4.99 Å². The quantitative estimate of drug-likeness (QED) is 0.519. The van der Waals surface area contributed by atoms with Crippen LogP contribution in [0.2, 0.25) is 0 Å². The number of H-pyrrole nitrogens is 2. The molecular formula is C19H11FN4O2. The Morgan fingerprint density at radius 2 is 1.96 bits per heavy atom. The van der Waals surface area contributed by atoms with Gasteiger partial charge in [-0.25, -0.2) is 9.37 Å². The minimum atomic E-state index is -0.425. The van der Waals surface area contributed by atoms with Gasteiger partial charge in [0.2, 0.25) is 0 Å². The van der Waals surface area contributed by atoms with Crippen LogP contribution in [0.3, 0.4) is 0 Å². The van der Waals surface area contributed by atoms with Gasteiger partial charge in [-0.1, -0.05) is 0 Å². The van der Waals surface area contributed by atoms with E-state index in [1.165, 1.54) is 24.4 Å². The number of pyridine rings is 1. The first-order chi connectivity index (χ1) is 12.6. The Morgan fingerprint density at radius 3 is 2.81 bits per heavy atom. The summed E-state index contributed by atoms with van der Waals surface area (Å²) in [5, 5.41) is 2.17. The maximum Gasteiger partial charge on any atom is 0.256 e. The molecule has 6 nitrogen and oxygen atoms in total. The molecular weight excluding hydrogens is 335 g/mol. The molecule has 0 atom stereocenters. The fourth-order valence-electron chi connectivity index (χ4n) is 3.38. The number of benzene rings is 2. The van der Waals surface area contributed by atoms with Crippen LogP contribution in [0.1, 0.15) is 12.2 Å². The molecule has 2 aromatic carbocycles. The highest BCUT2D eigenvalue weighted by Gasteiger charge is 2.18. The molecule has 0 saturated carbocycles. The molecule has 26 heavy (non-hydrogen) atoms. The van der Waals surface area contributed by atoms with Crippen LogP contribution in [-0.4, -0.2) is 26.9 Å². The zero-order chi connectivity index (χ0) is 17.8. The average molecular weight is 346 g/mol. The number of carbonyl (C=O) groups is 1. The number of nitrogens with one attached hydrogen (secondary N) is 2. The highest BCUT2D eigenvalue weighted by Crippen LogP contribution is 2.33. The zero-order valence-electron chi connectivity index (χ0n) is 13.3. The van der Waals surface area contributed by atoms with Gasteiger partial charge in [-0.15, -0.1) is 0 Å². The lowest BCUT2D eigenvalue weighted by Crippen LogP contribution is -2.05. The summed E-state index contributed by atoms with van der Waals surface area (Å²) in [5.74, 6) is -0.0438. The van der Waals surface area contributed by atoms with Crippen molar-refractivity contribution >= 4 is 50.3 Å². The first-order valence-electron chi connectivity index (χ1n) is 8.01. The van der Waals surface area contributed by atoms with Crippen LogP contribution in [0, 0.1) is 5.82 Å². The van der Waals surface area contributed by atoms with Gasteiger partial charge >= 0.3 is 0 Å². The second-order valence-corrected chi connectivity index (χ2v) is 6.11. The lowest BCUT2D eigenvalue weighted by atomic mass is 10.0. The molecule has 126 valence electrons. The summed E-state index contributed by atoms with van der Waals surface area (Å²) in [6.45, 7) is 0. The molecule has 0 radical (unpaired) electrons. The van der Waals surface area contributed by atoms with Gasteiger partial charge in [0.25, 0.3) is 5.56 Å². The SMILES string of the molecule is O=C1C=C(c2nc3c4cc[nH]c(=O)c4c4cc(F)ccc4c3[nH]2)N=CC1. The number of rotatable bonds is 1. The van der Waals surface area contributed by atoms with Gasteiger partial charge in [-0.05, 0) is 24.3 Å². The Labute approximate surface area is 145 Å². The predicted octanol–water partition coefficient (Wildman–Crippen LogP) is 3.08. The first-order valence-corrected chi connectivity index (χ1v) is 8.01. The minimum Gasteiger partial charge on any atom is -0.336 e. The molecule has 0 amide bonds. The molecule has 0 unspecified atom stereocenters. The van der Waals surface area contributed by atoms with Crippen LogP contribution in [0.4, 0.5) is 4.39 Å². The van der Waals surface area contributed by atoms with Gasteiger partial charge < -0.3 is 9.97 Å². The van der Waals surface area contributed by atoms with E-state index in [4.69, 9.17) is 0 Å². The fraction of sp³-hybridized carbons (Fsp3) is 0.0526. The second kappa shape index (κ2) is 5.19. The van der Waals surface area contributed by atoms with Crippen LogP contribution in [-0.2, 0) is 4.79 Å². The number of aliphatic imine (C=N–C) groups is 1. The third kappa shape index (κ3) is 2.03. The minimum absolute atomic E-state index is 0.0521. The van der Waals surface area contributed by atoms with Gasteiger partial charge in [-0.3, -0.25) is 14.6 Å². The molecule has 0 aliphatic carbocycles. The average Bonchev–Trinajstić information content (AvgIpc) is 3.07. The standard InChI is InChI=1S/C19H11FN4O2/c20-9-1-2-11-13(7-9)15-12(4-6-22-19(15)26)17-16(11)23-18(24-17)14-8-10(25)3-5-21-14/h1-2,4-8H,3H2,(H,22,26)(H,23,24). The lowest BCUT2D eigenvalue weighted by molar-refractivity contribution is -0.113. The number of hydrogen-bond donors (Lipinski definition) is 2. The van der Waals surface area contributed by atoms with Crippen LogP contribution in [0.5, 0.6) is 0 Å². The molecule has 0 saturated heterocycles. The van der Waals surface area contributed by atoms with Gasteiger partial charge in [0.15, 0.2) is 11.6 Å². The Bertz CT molecular complexity index is 1360. The van der Waals surface area contributed by atoms with Crippen LogP contribution >= 0.6 is 0 Å². The second-order valence-electron chi connectivity index (χ2n) is 6.11. The number of hydrogen-bond acceptors (Lipinski definition) is 4. The lowest BCUT2D eigenvalue weighted by Gasteiger charge is -2.05. The first kappa shape index (κ1) is 14.7. The number of carbonyl (C=O) groups excluding carboxylic acids is 1. The van der Waals surface area contributed by atoms with E-state index in [0.717, 1.165) is 0 Å². The number of nitrogens with zero attached hydrogens (tertiary/aromatic N) is 2. The summed E-state index contributed by atoms with van der Waals surface area (Å²) < 4.78 is 13.8. The Kier molecular flexibility index (Phi) is 2.94. The summed E-state index contributed by atoms with van der Waals surface area (Å²) in [6.07, 6.45) is 4.78. The van der Waals surface area contributed by atoms with Crippen molar-refractivity contribution in [1.29, 1.82) is 0 Å².